The number of anilines is 1. The minimum absolute atomic E-state index is 0.208. The quantitative estimate of drug-likeness (QED) is 0.832. The summed E-state index contributed by atoms with van der Waals surface area (Å²) in [6, 6.07) is 8.48. The first-order chi connectivity index (χ1) is 13.8. The van der Waals surface area contributed by atoms with E-state index >= 15 is 0 Å². The number of hydrogen-bond acceptors (Lipinski definition) is 5. The third-order valence-electron chi connectivity index (χ3n) is 5.74. The third-order valence-corrected chi connectivity index (χ3v) is 5.74. The van der Waals surface area contributed by atoms with Crippen molar-refractivity contribution in [2.24, 2.45) is 0 Å². The maximum absolute atomic E-state index is 12.5. The summed E-state index contributed by atoms with van der Waals surface area (Å²) in [5.41, 5.74) is 2.45. The summed E-state index contributed by atoms with van der Waals surface area (Å²) in [6.07, 6.45) is 9.09. The molecule has 1 aromatic heterocycles. The smallest absolute Gasteiger partial charge is 0.277 e. The molecule has 0 radical (unpaired) electrons. The molecule has 0 bridgehead atoms. The molecule has 2 aliphatic heterocycles. The number of carbonyl (C=O) groups excluding carboxylic acids is 1. The topological polar surface area (TPSA) is 75.1 Å². The Balaban J connectivity index is 1.32. The van der Waals surface area contributed by atoms with Crippen molar-refractivity contribution in [3.63, 3.8) is 0 Å². The molecule has 3 heterocycles. The number of amides is 1. The molecule has 150 valence electrons. The van der Waals surface area contributed by atoms with E-state index in [1.165, 1.54) is 44.3 Å². The minimum atomic E-state index is -0.208. The molecule has 2 aromatic rings. The highest BCUT2D eigenvalue weighted by Crippen LogP contribution is 2.18. The molecular formula is C21H30N6O. The molecule has 0 spiro atoms. The summed E-state index contributed by atoms with van der Waals surface area (Å²) < 4.78 is 1.83. The van der Waals surface area contributed by atoms with Crippen molar-refractivity contribution >= 4 is 11.6 Å². The molecule has 28 heavy (non-hydrogen) atoms. The van der Waals surface area contributed by atoms with Gasteiger partial charge in [0.25, 0.3) is 5.91 Å². The molecule has 0 aliphatic carbocycles. The zero-order valence-corrected chi connectivity index (χ0v) is 16.4. The number of nitrogens with one attached hydrogen (secondary N) is 2. The summed E-state index contributed by atoms with van der Waals surface area (Å²) in [7, 11) is 0. The van der Waals surface area contributed by atoms with Crippen LogP contribution in [0.1, 0.15) is 60.6 Å². The second kappa shape index (κ2) is 9.30. The first-order valence-corrected chi connectivity index (χ1v) is 10.5. The number of carbonyl (C=O) groups is 1. The van der Waals surface area contributed by atoms with Gasteiger partial charge in [-0.2, -0.15) is 0 Å². The Hall–Kier alpha value is -2.25. The third kappa shape index (κ3) is 4.97. The number of aromatic nitrogens is 3. The first-order valence-electron chi connectivity index (χ1n) is 10.5. The van der Waals surface area contributed by atoms with Gasteiger partial charge in [0, 0.05) is 12.2 Å². The van der Waals surface area contributed by atoms with Gasteiger partial charge in [0.2, 0.25) is 0 Å². The highest BCUT2D eigenvalue weighted by Gasteiger charge is 2.19. The van der Waals surface area contributed by atoms with Crippen molar-refractivity contribution in [3.05, 3.63) is 41.7 Å². The summed E-state index contributed by atoms with van der Waals surface area (Å²) in [5.74, 6) is -0.208. The SMILES string of the molecule is O=C(Nc1ccc(CN2CCCCCC2)cc1)c1cn(C2CCNCC2)nn1. The van der Waals surface area contributed by atoms with Crippen molar-refractivity contribution < 1.29 is 4.79 Å². The van der Waals surface area contributed by atoms with Crippen LogP contribution in [0, 0.1) is 0 Å². The zero-order valence-electron chi connectivity index (χ0n) is 16.4. The number of rotatable bonds is 5. The van der Waals surface area contributed by atoms with E-state index in [2.05, 4.69) is 38.0 Å². The predicted molar refractivity (Wildman–Crippen MR) is 109 cm³/mol. The lowest BCUT2D eigenvalue weighted by molar-refractivity contribution is 0.102. The summed E-state index contributed by atoms with van der Waals surface area (Å²) in [6.45, 7) is 5.32. The Labute approximate surface area is 166 Å². The van der Waals surface area contributed by atoms with Gasteiger partial charge < -0.3 is 10.6 Å². The monoisotopic (exact) mass is 382 g/mol. The second-order valence-electron chi connectivity index (χ2n) is 7.91. The van der Waals surface area contributed by atoms with Gasteiger partial charge in [-0.05, 0) is 69.6 Å². The van der Waals surface area contributed by atoms with E-state index in [0.717, 1.165) is 38.2 Å². The minimum Gasteiger partial charge on any atom is -0.321 e. The van der Waals surface area contributed by atoms with E-state index in [9.17, 15) is 4.79 Å². The van der Waals surface area contributed by atoms with Gasteiger partial charge in [0.1, 0.15) is 0 Å². The first kappa shape index (κ1) is 19.1. The number of nitrogens with zero attached hydrogens (tertiary/aromatic N) is 4. The number of piperidine rings is 1. The van der Waals surface area contributed by atoms with Gasteiger partial charge in [-0.25, -0.2) is 4.68 Å². The summed E-state index contributed by atoms with van der Waals surface area (Å²) in [4.78, 5) is 15.0. The van der Waals surface area contributed by atoms with Crippen molar-refractivity contribution in [2.75, 3.05) is 31.5 Å². The van der Waals surface area contributed by atoms with E-state index in [1.807, 2.05) is 16.8 Å². The van der Waals surface area contributed by atoms with Crippen molar-refractivity contribution in [3.8, 4) is 0 Å². The van der Waals surface area contributed by atoms with Crippen LogP contribution in [0.25, 0.3) is 0 Å². The van der Waals surface area contributed by atoms with E-state index in [-0.39, 0.29) is 5.91 Å². The van der Waals surface area contributed by atoms with Crippen LogP contribution in [0.4, 0.5) is 5.69 Å². The van der Waals surface area contributed by atoms with Gasteiger partial charge in [-0.15, -0.1) is 5.10 Å². The fourth-order valence-corrected chi connectivity index (χ4v) is 4.07. The standard InChI is InChI=1S/C21H30N6O/c28-21(20-16-27(25-24-20)19-9-11-22-12-10-19)23-18-7-5-17(6-8-18)15-26-13-3-1-2-4-14-26/h5-8,16,19,22H,1-4,9-15H2,(H,23,28). The van der Waals surface area contributed by atoms with Crippen LogP contribution >= 0.6 is 0 Å². The van der Waals surface area contributed by atoms with Gasteiger partial charge in [0.15, 0.2) is 5.69 Å². The lowest BCUT2D eigenvalue weighted by Gasteiger charge is -2.22. The molecule has 1 aromatic carbocycles. The largest absolute Gasteiger partial charge is 0.321 e. The van der Waals surface area contributed by atoms with E-state index in [4.69, 9.17) is 0 Å². The molecule has 2 N–H and O–H groups in total. The molecule has 0 unspecified atom stereocenters. The molecule has 7 heteroatoms. The average molecular weight is 383 g/mol. The normalized spacial score (nSPS) is 19.3. The van der Waals surface area contributed by atoms with Crippen LogP contribution in [0.15, 0.2) is 30.5 Å². The number of hydrogen-bond donors (Lipinski definition) is 2. The molecule has 0 saturated carbocycles. The van der Waals surface area contributed by atoms with Gasteiger partial charge in [-0.1, -0.05) is 30.2 Å². The maximum atomic E-state index is 12.5. The van der Waals surface area contributed by atoms with Crippen LogP contribution < -0.4 is 10.6 Å². The van der Waals surface area contributed by atoms with Gasteiger partial charge >= 0.3 is 0 Å². The Morgan fingerprint density at radius 1 is 1.07 bits per heavy atom. The Kier molecular flexibility index (Phi) is 6.34. The second-order valence-corrected chi connectivity index (χ2v) is 7.91. The van der Waals surface area contributed by atoms with E-state index in [1.54, 1.807) is 6.20 Å². The predicted octanol–water partition coefficient (Wildman–Crippen LogP) is 2.83. The highest BCUT2D eigenvalue weighted by molar-refractivity contribution is 6.02. The molecule has 7 nitrogen and oxygen atoms in total. The molecular weight excluding hydrogens is 352 g/mol. The zero-order chi connectivity index (χ0) is 19.2. The Morgan fingerprint density at radius 2 is 1.79 bits per heavy atom. The molecule has 4 rings (SSSR count). The summed E-state index contributed by atoms with van der Waals surface area (Å²) >= 11 is 0. The van der Waals surface area contributed by atoms with Crippen molar-refractivity contribution in [1.82, 2.24) is 25.2 Å². The molecule has 2 fully saturated rings. The van der Waals surface area contributed by atoms with Crippen LogP contribution in [0.5, 0.6) is 0 Å². The van der Waals surface area contributed by atoms with Gasteiger partial charge in [0.05, 0.1) is 12.2 Å². The number of benzene rings is 1. The van der Waals surface area contributed by atoms with Crippen molar-refractivity contribution in [2.45, 2.75) is 51.1 Å². The molecule has 1 amide bonds. The van der Waals surface area contributed by atoms with E-state index in [0.29, 0.717) is 11.7 Å². The van der Waals surface area contributed by atoms with Crippen LogP contribution in [-0.4, -0.2) is 52.0 Å². The molecule has 2 aliphatic rings. The van der Waals surface area contributed by atoms with E-state index < -0.39 is 0 Å². The Morgan fingerprint density at radius 3 is 2.50 bits per heavy atom. The Bertz CT molecular complexity index is 757. The lowest BCUT2D eigenvalue weighted by atomic mass is 10.1. The number of likely N-dealkylation sites (tertiary alicyclic amines) is 1. The van der Waals surface area contributed by atoms with Crippen LogP contribution in [-0.2, 0) is 6.54 Å². The van der Waals surface area contributed by atoms with Crippen LogP contribution in [0.2, 0.25) is 0 Å². The highest BCUT2D eigenvalue weighted by atomic mass is 16.2. The maximum Gasteiger partial charge on any atom is 0.277 e. The van der Waals surface area contributed by atoms with Crippen LogP contribution in [0.3, 0.4) is 0 Å². The van der Waals surface area contributed by atoms with Crippen molar-refractivity contribution in [1.29, 1.82) is 0 Å². The fraction of sp³-hybridized carbons (Fsp3) is 0.571. The van der Waals surface area contributed by atoms with Gasteiger partial charge in [-0.3, -0.25) is 9.69 Å². The molecule has 2 saturated heterocycles. The lowest BCUT2D eigenvalue weighted by Crippen LogP contribution is -2.29. The fourth-order valence-electron chi connectivity index (χ4n) is 4.07. The average Bonchev–Trinajstić information content (AvgIpc) is 3.09. The summed E-state index contributed by atoms with van der Waals surface area (Å²) in [5, 5.41) is 14.5. The molecule has 0 atom stereocenters.